The lowest BCUT2D eigenvalue weighted by Crippen LogP contribution is -2.28. The van der Waals surface area contributed by atoms with E-state index < -0.39 is 6.09 Å². The van der Waals surface area contributed by atoms with Crippen LogP contribution in [0, 0.1) is 0 Å². The van der Waals surface area contributed by atoms with E-state index in [4.69, 9.17) is 16.3 Å². The zero-order valence-corrected chi connectivity index (χ0v) is 15.3. The number of carbonyl (C=O) groups is 1. The van der Waals surface area contributed by atoms with E-state index >= 15 is 0 Å². The Balaban J connectivity index is 2.28. The fourth-order valence-corrected chi connectivity index (χ4v) is 2.72. The highest BCUT2D eigenvalue weighted by molar-refractivity contribution is 6.31. The summed E-state index contributed by atoms with van der Waals surface area (Å²) in [4.78, 5) is 11.6. The Morgan fingerprint density at radius 1 is 1.20 bits per heavy atom. The van der Waals surface area contributed by atoms with Gasteiger partial charge < -0.3 is 9.47 Å². The van der Waals surface area contributed by atoms with Crippen LogP contribution < -0.4 is 9.80 Å². The van der Waals surface area contributed by atoms with Crippen molar-refractivity contribution in [3.8, 4) is 5.75 Å². The molecule has 0 aliphatic rings. The van der Waals surface area contributed by atoms with Gasteiger partial charge in [0.2, 0.25) is 0 Å². The van der Waals surface area contributed by atoms with E-state index in [-0.39, 0.29) is 12.3 Å². The van der Waals surface area contributed by atoms with E-state index in [2.05, 4.69) is 24.7 Å². The summed E-state index contributed by atoms with van der Waals surface area (Å²) in [6, 6.07) is 11.0. The first-order chi connectivity index (χ1) is 12.0. The first-order valence-electron chi connectivity index (χ1n) is 8.10. The smallest absolute Gasteiger partial charge is 0.438 e. The van der Waals surface area contributed by atoms with Crippen molar-refractivity contribution in [2.75, 3.05) is 12.2 Å². The van der Waals surface area contributed by atoms with E-state index in [9.17, 15) is 10.0 Å². The molecule has 134 valence electrons. The van der Waals surface area contributed by atoms with Crippen molar-refractivity contribution in [3.63, 3.8) is 0 Å². The van der Waals surface area contributed by atoms with Crippen LogP contribution in [0.4, 0.5) is 10.5 Å². The van der Waals surface area contributed by atoms with Crippen LogP contribution in [0.1, 0.15) is 30.5 Å². The van der Waals surface area contributed by atoms with Gasteiger partial charge in [0.25, 0.3) is 0 Å². The summed E-state index contributed by atoms with van der Waals surface area (Å²) in [5.74, 6) is 0.758. The summed E-state index contributed by atoms with van der Waals surface area (Å²) < 4.78 is 10.5. The van der Waals surface area contributed by atoms with Crippen molar-refractivity contribution >= 4 is 23.4 Å². The van der Waals surface area contributed by atoms with Gasteiger partial charge >= 0.3 is 6.09 Å². The number of amides is 1. The highest BCUT2D eigenvalue weighted by Gasteiger charge is 2.19. The minimum Gasteiger partial charge on any atom is -0.488 e. The quantitative estimate of drug-likeness (QED) is 0.579. The zero-order valence-electron chi connectivity index (χ0n) is 14.6. The Labute approximate surface area is 152 Å². The van der Waals surface area contributed by atoms with E-state index in [0.29, 0.717) is 15.6 Å². The van der Waals surface area contributed by atoms with Gasteiger partial charge in [0.15, 0.2) is 0 Å². The fraction of sp³-hybridized carbons (Fsp3) is 0.316. The van der Waals surface area contributed by atoms with Crippen molar-refractivity contribution in [3.05, 3.63) is 58.1 Å². The van der Waals surface area contributed by atoms with Gasteiger partial charge in [-0.15, -0.1) is 0 Å². The minimum absolute atomic E-state index is 0.113. The van der Waals surface area contributed by atoms with E-state index in [1.54, 1.807) is 18.2 Å². The van der Waals surface area contributed by atoms with E-state index in [0.717, 1.165) is 24.2 Å². The van der Waals surface area contributed by atoms with Gasteiger partial charge in [-0.05, 0) is 42.2 Å². The average molecular weight is 364 g/mol. The Kier molecular flexibility index (Phi) is 6.67. The average Bonchev–Trinajstić information content (AvgIpc) is 2.65. The number of halogens is 1. The summed E-state index contributed by atoms with van der Waals surface area (Å²) in [5, 5.41) is 10.8. The Hall–Kier alpha value is -2.24. The molecule has 0 radical (unpaired) electrons. The van der Waals surface area contributed by atoms with Crippen molar-refractivity contribution in [1.82, 2.24) is 0 Å². The molecule has 2 rings (SSSR count). The summed E-state index contributed by atoms with van der Waals surface area (Å²) in [6.45, 7) is 4.28. The Morgan fingerprint density at radius 2 is 1.96 bits per heavy atom. The number of anilines is 1. The number of ether oxygens (including phenoxy) is 2. The number of nitrogens with zero attached hydrogens (tertiary/aromatic N) is 1. The molecule has 6 heteroatoms. The zero-order chi connectivity index (χ0) is 18.4. The first kappa shape index (κ1) is 19.1. The number of aryl methyl sites for hydroxylation is 2. The van der Waals surface area contributed by atoms with Crippen LogP contribution in [0.5, 0.6) is 5.75 Å². The lowest BCUT2D eigenvalue weighted by molar-refractivity contribution is 0.140. The number of rotatable bonds is 6. The largest absolute Gasteiger partial charge is 0.488 e. The molecule has 5 nitrogen and oxygen atoms in total. The van der Waals surface area contributed by atoms with Gasteiger partial charge in [-0.2, -0.15) is 5.06 Å². The fourth-order valence-electron chi connectivity index (χ4n) is 2.49. The second-order valence-electron chi connectivity index (χ2n) is 5.46. The highest BCUT2D eigenvalue weighted by atomic mass is 35.5. The number of carbonyl (C=O) groups excluding carboxylic acids is 1. The summed E-state index contributed by atoms with van der Waals surface area (Å²) in [7, 11) is 1.19. The van der Waals surface area contributed by atoms with Crippen LogP contribution in [-0.4, -0.2) is 18.4 Å². The Morgan fingerprint density at radius 3 is 2.60 bits per heavy atom. The molecule has 0 atom stereocenters. The molecule has 0 fully saturated rings. The van der Waals surface area contributed by atoms with Crippen molar-refractivity contribution in [2.45, 2.75) is 33.3 Å². The predicted molar refractivity (Wildman–Crippen MR) is 97.7 cm³/mol. The third-order valence-electron chi connectivity index (χ3n) is 3.96. The summed E-state index contributed by atoms with van der Waals surface area (Å²) >= 11 is 6.24. The van der Waals surface area contributed by atoms with Crippen LogP contribution in [0.3, 0.4) is 0 Å². The van der Waals surface area contributed by atoms with Crippen LogP contribution >= 0.6 is 11.6 Å². The molecule has 0 saturated heterocycles. The molecule has 0 saturated carbocycles. The second-order valence-corrected chi connectivity index (χ2v) is 5.86. The van der Waals surface area contributed by atoms with Crippen LogP contribution in [0.15, 0.2) is 36.4 Å². The maximum absolute atomic E-state index is 11.6. The predicted octanol–water partition coefficient (Wildman–Crippen LogP) is 5.01. The van der Waals surface area contributed by atoms with E-state index in [1.807, 2.05) is 12.1 Å². The molecule has 0 aliphatic carbocycles. The Bertz CT molecular complexity index is 748. The van der Waals surface area contributed by atoms with Gasteiger partial charge in [-0.3, -0.25) is 5.21 Å². The molecule has 0 heterocycles. The lowest BCUT2D eigenvalue weighted by atomic mass is 10.1. The summed E-state index contributed by atoms with van der Waals surface area (Å²) in [5.41, 5.74) is 3.07. The van der Waals surface area contributed by atoms with Crippen LogP contribution in [0.25, 0.3) is 0 Å². The number of hydroxylamine groups is 1. The number of benzene rings is 2. The van der Waals surface area contributed by atoms with Crippen molar-refractivity contribution < 1.29 is 19.5 Å². The topological polar surface area (TPSA) is 59.0 Å². The number of hydrogen-bond acceptors (Lipinski definition) is 4. The highest BCUT2D eigenvalue weighted by Crippen LogP contribution is 2.30. The van der Waals surface area contributed by atoms with Gasteiger partial charge in [0.1, 0.15) is 12.4 Å². The van der Waals surface area contributed by atoms with E-state index in [1.165, 1.54) is 12.7 Å². The van der Waals surface area contributed by atoms with Gasteiger partial charge in [0.05, 0.1) is 12.8 Å². The minimum atomic E-state index is -0.898. The summed E-state index contributed by atoms with van der Waals surface area (Å²) in [6.07, 6.45) is 0.901. The molecule has 0 unspecified atom stereocenters. The maximum Gasteiger partial charge on any atom is 0.438 e. The third-order valence-corrected chi connectivity index (χ3v) is 4.31. The molecular weight excluding hydrogens is 342 g/mol. The molecule has 0 spiro atoms. The molecule has 1 amide bonds. The molecule has 2 aromatic carbocycles. The van der Waals surface area contributed by atoms with Crippen molar-refractivity contribution in [1.29, 1.82) is 0 Å². The monoisotopic (exact) mass is 363 g/mol. The lowest BCUT2D eigenvalue weighted by Gasteiger charge is -2.19. The maximum atomic E-state index is 11.6. The molecular formula is C19H22ClNO4. The SMILES string of the molecule is CCc1ccc(OCc2c(Cl)cccc2N(O)C(=O)OC)c(CC)c1. The molecule has 0 aliphatic heterocycles. The van der Waals surface area contributed by atoms with Crippen LogP contribution in [0.2, 0.25) is 5.02 Å². The third kappa shape index (κ3) is 4.44. The van der Waals surface area contributed by atoms with Crippen LogP contribution in [-0.2, 0) is 24.2 Å². The van der Waals surface area contributed by atoms with Gasteiger partial charge in [-0.25, -0.2) is 4.79 Å². The number of hydrogen-bond donors (Lipinski definition) is 1. The molecule has 25 heavy (non-hydrogen) atoms. The van der Waals surface area contributed by atoms with Gasteiger partial charge in [0, 0.05) is 10.6 Å². The second kappa shape index (κ2) is 8.74. The molecule has 2 aromatic rings. The number of methoxy groups -OCH3 is 1. The molecule has 0 aromatic heterocycles. The molecule has 0 bridgehead atoms. The standard InChI is InChI=1S/C19H22ClNO4/c1-4-13-9-10-18(14(5-2)11-13)25-12-15-16(20)7-6-8-17(15)21(23)19(22)24-3/h6-11,23H,4-5,12H2,1-3H3. The van der Waals surface area contributed by atoms with Gasteiger partial charge in [-0.1, -0.05) is 43.6 Å². The molecule has 1 N–H and O–H groups in total. The van der Waals surface area contributed by atoms with Crippen molar-refractivity contribution in [2.24, 2.45) is 0 Å². The normalized spacial score (nSPS) is 10.4. The first-order valence-corrected chi connectivity index (χ1v) is 8.48.